The highest BCUT2D eigenvalue weighted by atomic mass is 32.1. The quantitative estimate of drug-likeness (QED) is 0.365. The van der Waals surface area contributed by atoms with Crippen LogP contribution in [0.3, 0.4) is 0 Å². The van der Waals surface area contributed by atoms with E-state index in [1.807, 2.05) is 84.6 Å². The molecule has 156 valence electrons. The van der Waals surface area contributed by atoms with Gasteiger partial charge in [0, 0.05) is 28.7 Å². The zero-order valence-electron chi connectivity index (χ0n) is 17.7. The third-order valence-corrected chi connectivity index (χ3v) is 5.82. The molecule has 1 amide bonds. The van der Waals surface area contributed by atoms with Crippen molar-refractivity contribution < 1.29 is 4.79 Å². The standard InChI is InChI=1S/C25H24N4OS/c1-4-13-28(25-26-23(17-31-25)21-10-6-5-7-11-21)24(30)22-12-8-9-20(15-22)16-29-19(3)14-18(2)27-29/h4-12,14-15,17H,1,13,16H2,2-3H3. The number of thiazole rings is 1. The summed E-state index contributed by atoms with van der Waals surface area (Å²) in [7, 11) is 0. The van der Waals surface area contributed by atoms with Gasteiger partial charge < -0.3 is 0 Å². The molecule has 2 aromatic carbocycles. The van der Waals surface area contributed by atoms with Gasteiger partial charge in [0.05, 0.1) is 17.9 Å². The Morgan fingerprint density at radius 2 is 1.94 bits per heavy atom. The second kappa shape index (κ2) is 9.10. The van der Waals surface area contributed by atoms with Crippen LogP contribution in [0.4, 0.5) is 5.13 Å². The molecule has 0 unspecified atom stereocenters. The normalized spacial score (nSPS) is 10.8. The van der Waals surface area contributed by atoms with Crippen LogP contribution in [0.15, 0.2) is 78.7 Å². The summed E-state index contributed by atoms with van der Waals surface area (Å²) in [4.78, 5) is 19.8. The zero-order chi connectivity index (χ0) is 21.8. The highest BCUT2D eigenvalue weighted by Crippen LogP contribution is 2.28. The average Bonchev–Trinajstić information content (AvgIpc) is 3.39. The van der Waals surface area contributed by atoms with Gasteiger partial charge in [0.1, 0.15) is 0 Å². The van der Waals surface area contributed by atoms with Gasteiger partial charge in [-0.25, -0.2) is 4.98 Å². The first-order valence-electron chi connectivity index (χ1n) is 10.1. The molecule has 0 aliphatic carbocycles. The van der Waals surface area contributed by atoms with Crippen molar-refractivity contribution >= 4 is 22.4 Å². The Morgan fingerprint density at radius 3 is 2.65 bits per heavy atom. The van der Waals surface area contributed by atoms with E-state index in [-0.39, 0.29) is 5.91 Å². The molecule has 6 heteroatoms. The van der Waals surface area contributed by atoms with E-state index in [0.29, 0.717) is 23.8 Å². The van der Waals surface area contributed by atoms with Crippen LogP contribution in [-0.2, 0) is 6.54 Å². The van der Waals surface area contributed by atoms with Crippen molar-refractivity contribution in [2.24, 2.45) is 0 Å². The number of hydrogen-bond acceptors (Lipinski definition) is 4. The van der Waals surface area contributed by atoms with Crippen molar-refractivity contribution in [3.8, 4) is 11.3 Å². The molecule has 0 saturated carbocycles. The van der Waals surface area contributed by atoms with Gasteiger partial charge in [-0.1, -0.05) is 48.5 Å². The van der Waals surface area contributed by atoms with Crippen LogP contribution >= 0.6 is 11.3 Å². The molecule has 4 aromatic rings. The lowest BCUT2D eigenvalue weighted by molar-refractivity contribution is 0.0989. The fraction of sp³-hybridized carbons (Fsp3) is 0.160. The zero-order valence-corrected chi connectivity index (χ0v) is 18.5. The monoisotopic (exact) mass is 428 g/mol. The lowest BCUT2D eigenvalue weighted by atomic mass is 10.1. The lowest BCUT2D eigenvalue weighted by Gasteiger charge is -2.18. The summed E-state index contributed by atoms with van der Waals surface area (Å²) >= 11 is 1.46. The second-order valence-electron chi connectivity index (χ2n) is 7.37. The minimum absolute atomic E-state index is 0.0934. The summed E-state index contributed by atoms with van der Waals surface area (Å²) in [5.41, 5.74) is 5.62. The average molecular weight is 429 g/mol. The summed E-state index contributed by atoms with van der Waals surface area (Å²) in [6.45, 7) is 8.85. The molecule has 0 bridgehead atoms. The molecule has 2 aromatic heterocycles. The number of aryl methyl sites for hydroxylation is 2. The van der Waals surface area contributed by atoms with Crippen molar-refractivity contribution in [3.05, 3.63) is 101 Å². The van der Waals surface area contributed by atoms with Crippen molar-refractivity contribution in [1.82, 2.24) is 14.8 Å². The van der Waals surface area contributed by atoms with Gasteiger partial charge in [-0.15, -0.1) is 17.9 Å². The molecule has 0 aliphatic heterocycles. The Labute approximate surface area is 186 Å². The maximum absolute atomic E-state index is 13.4. The summed E-state index contributed by atoms with van der Waals surface area (Å²) < 4.78 is 1.95. The van der Waals surface area contributed by atoms with Crippen LogP contribution in [0.25, 0.3) is 11.3 Å². The number of anilines is 1. The fourth-order valence-electron chi connectivity index (χ4n) is 3.47. The third kappa shape index (κ3) is 4.64. The Kier molecular flexibility index (Phi) is 6.09. The number of benzene rings is 2. The fourth-order valence-corrected chi connectivity index (χ4v) is 4.31. The van der Waals surface area contributed by atoms with E-state index in [1.165, 1.54) is 11.3 Å². The van der Waals surface area contributed by atoms with E-state index in [9.17, 15) is 4.79 Å². The Hall–Kier alpha value is -3.51. The summed E-state index contributed by atoms with van der Waals surface area (Å²) in [5.74, 6) is -0.0934. The van der Waals surface area contributed by atoms with Crippen LogP contribution in [-0.4, -0.2) is 27.2 Å². The maximum Gasteiger partial charge on any atom is 0.260 e. The Bertz CT molecular complexity index is 1210. The predicted octanol–water partition coefficient (Wildman–Crippen LogP) is 5.50. The summed E-state index contributed by atoms with van der Waals surface area (Å²) in [6, 6.07) is 19.7. The number of amides is 1. The minimum Gasteiger partial charge on any atom is -0.280 e. The van der Waals surface area contributed by atoms with Gasteiger partial charge in [-0.3, -0.25) is 14.4 Å². The van der Waals surface area contributed by atoms with Crippen molar-refractivity contribution in [2.45, 2.75) is 20.4 Å². The number of nitrogens with zero attached hydrogens (tertiary/aromatic N) is 4. The van der Waals surface area contributed by atoms with Crippen LogP contribution in [0.2, 0.25) is 0 Å². The predicted molar refractivity (Wildman–Crippen MR) is 127 cm³/mol. The molecule has 0 radical (unpaired) electrons. The van der Waals surface area contributed by atoms with E-state index in [0.717, 1.165) is 28.2 Å². The number of carbonyl (C=O) groups excluding carboxylic acids is 1. The highest BCUT2D eigenvalue weighted by Gasteiger charge is 2.20. The van der Waals surface area contributed by atoms with Crippen LogP contribution in [0.1, 0.15) is 27.3 Å². The van der Waals surface area contributed by atoms with E-state index < -0.39 is 0 Å². The Morgan fingerprint density at radius 1 is 1.13 bits per heavy atom. The van der Waals surface area contributed by atoms with Crippen molar-refractivity contribution in [1.29, 1.82) is 0 Å². The molecule has 0 N–H and O–H groups in total. The first kappa shape index (κ1) is 20.8. The number of rotatable bonds is 7. The third-order valence-electron chi connectivity index (χ3n) is 4.96. The molecular weight excluding hydrogens is 404 g/mol. The Balaban J connectivity index is 1.60. The van der Waals surface area contributed by atoms with E-state index >= 15 is 0 Å². The van der Waals surface area contributed by atoms with Gasteiger partial charge >= 0.3 is 0 Å². The van der Waals surface area contributed by atoms with Crippen LogP contribution < -0.4 is 4.90 Å². The molecule has 0 atom stereocenters. The van der Waals surface area contributed by atoms with E-state index in [2.05, 4.69) is 11.7 Å². The van der Waals surface area contributed by atoms with Gasteiger partial charge in [-0.05, 0) is 37.6 Å². The lowest BCUT2D eigenvalue weighted by Crippen LogP contribution is -2.31. The first-order chi connectivity index (χ1) is 15.0. The highest BCUT2D eigenvalue weighted by molar-refractivity contribution is 7.14. The van der Waals surface area contributed by atoms with E-state index in [1.54, 1.807) is 11.0 Å². The van der Waals surface area contributed by atoms with Crippen molar-refractivity contribution in [2.75, 3.05) is 11.4 Å². The van der Waals surface area contributed by atoms with E-state index in [4.69, 9.17) is 4.98 Å². The van der Waals surface area contributed by atoms with Gasteiger partial charge in [0.25, 0.3) is 5.91 Å². The maximum atomic E-state index is 13.4. The van der Waals surface area contributed by atoms with Crippen LogP contribution in [0, 0.1) is 13.8 Å². The number of aromatic nitrogens is 3. The van der Waals surface area contributed by atoms with Crippen molar-refractivity contribution in [3.63, 3.8) is 0 Å². The first-order valence-corrected chi connectivity index (χ1v) is 11.0. The van der Waals surface area contributed by atoms with Gasteiger partial charge in [0.2, 0.25) is 0 Å². The largest absolute Gasteiger partial charge is 0.280 e. The SMILES string of the molecule is C=CCN(C(=O)c1cccc(Cn2nc(C)cc2C)c1)c1nc(-c2ccccc2)cs1. The molecule has 2 heterocycles. The molecule has 0 fully saturated rings. The summed E-state index contributed by atoms with van der Waals surface area (Å²) in [6.07, 6.45) is 1.72. The molecule has 31 heavy (non-hydrogen) atoms. The molecule has 0 aliphatic rings. The number of hydrogen-bond donors (Lipinski definition) is 0. The van der Waals surface area contributed by atoms with Gasteiger partial charge in [-0.2, -0.15) is 5.10 Å². The van der Waals surface area contributed by atoms with Crippen LogP contribution in [0.5, 0.6) is 0 Å². The molecule has 0 spiro atoms. The number of carbonyl (C=O) groups is 1. The minimum atomic E-state index is -0.0934. The second-order valence-corrected chi connectivity index (χ2v) is 8.21. The molecule has 0 saturated heterocycles. The molecule has 5 nitrogen and oxygen atoms in total. The van der Waals surface area contributed by atoms with Gasteiger partial charge in [0.15, 0.2) is 5.13 Å². The topological polar surface area (TPSA) is 51.0 Å². The smallest absolute Gasteiger partial charge is 0.260 e. The summed E-state index contributed by atoms with van der Waals surface area (Å²) in [5, 5.41) is 7.16. The molecule has 4 rings (SSSR count). The molecular formula is C25H24N4OS.